The van der Waals surface area contributed by atoms with Crippen LogP contribution < -0.4 is 0 Å². The zero-order chi connectivity index (χ0) is 10.4. The molecule has 0 aliphatic rings. The van der Waals surface area contributed by atoms with Crippen LogP contribution in [0, 0.1) is 0 Å². The number of rotatable bonds is 6. The zero-order valence-electron chi connectivity index (χ0n) is 8.86. The summed E-state index contributed by atoms with van der Waals surface area (Å²) in [6, 6.07) is 0. The van der Waals surface area contributed by atoms with Crippen LogP contribution in [0.5, 0.6) is 0 Å². The second-order valence-corrected chi connectivity index (χ2v) is 3.43. The van der Waals surface area contributed by atoms with Crippen LogP contribution in [-0.2, 0) is 6.42 Å². The van der Waals surface area contributed by atoms with Gasteiger partial charge in [-0.15, -0.1) is 0 Å². The molecule has 4 heteroatoms. The molecule has 0 amide bonds. The van der Waals surface area contributed by atoms with Gasteiger partial charge >= 0.3 is 0 Å². The van der Waals surface area contributed by atoms with Crippen molar-refractivity contribution in [1.29, 1.82) is 0 Å². The topological polar surface area (TPSA) is 59.2 Å². The third-order valence-corrected chi connectivity index (χ3v) is 2.16. The van der Waals surface area contributed by atoms with Gasteiger partial charge in [0, 0.05) is 6.42 Å². The Kier molecular flexibility index (Phi) is 4.59. The van der Waals surface area contributed by atoms with Gasteiger partial charge in [-0.1, -0.05) is 31.8 Å². The lowest BCUT2D eigenvalue weighted by Crippen LogP contribution is -1.97. The van der Waals surface area contributed by atoms with E-state index in [0.717, 1.165) is 12.8 Å². The van der Waals surface area contributed by atoms with E-state index in [1.807, 2.05) is 6.92 Å². The van der Waals surface area contributed by atoms with Crippen LogP contribution in [0.2, 0.25) is 0 Å². The molecule has 0 fully saturated rings. The number of unbranched alkanes of at least 4 members (excludes halogenated alkanes) is 2. The molecule has 0 aliphatic heterocycles. The number of aromatic nitrogens is 2. The van der Waals surface area contributed by atoms with Crippen LogP contribution >= 0.6 is 0 Å². The molecule has 0 saturated heterocycles. The van der Waals surface area contributed by atoms with Crippen molar-refractivity contribution in [2.75, 3.05) is 0 Å². The maximum absolute atomic E-state index is 9.43. The Morgan fingerprint density at radius 2 is 2.14 bits per heavy atom. The summed E-state index contributed by atoms with van der Waals surface area (Å²) in [4.78, 5) is 4.13. The second kappa shape index (κ2) is 5.75. The van der Waals surface area contributed by atoms with Gasteiger partial charge in [-0.05, 0) is 12.8 Å². The summed E-state index contributed by atoms with van der Waals surface area (Å²) in [5.74, 6) is 1.06. The average Bonchev–Trinajstić information content (AvgIpc) is 2.66. The largest absolute Gasteiger partial charge is 0.385 e. The van der Waals surface area contributed by atoms with E-state index in [4.69, 9.17) is 4.52 Å². The minimum atomic E-state index is -0.585. The third kappa shape index (κ3) is 3.10. The third-order valence-electron chi connectivity index (χ3n) is 2.16. The standard InChI is InChI=1S/C10H18N2O2/c1-3-5-6-7-9-11-10(12-14-9)8(13)4-2/h8,13H,3-7H2,1-2H3. The van der Waals surface area contributed by atoms with E-state index in [-0.39, 0.29) is 0 Å². The molecule has 1 aromatic heterocycles. The summed E-state index contributed by atoms with van der Waals surface area (Å²) in [5, 5.41) is 13.2. The SMILES string of the molecule is CCCCCc1nc(C(O)CC)no1. The van der Waals surface area contributed by atoms with E-state index in [1.165, 1.54) is 12.8 Å². The molecule has 1 aromatic rings. The predicted octanol–water partition coefficient (Wildman–Crippen LogP) is 2.25. The molecule has 0 saturated carbocycles. The molecule has 0 bridgehead atoms. The summed E-state index contributed by atoms with van der Waals surface area (Å²) < 4.78 is 5.01. The highest BCUT2D eigenvalue weighted by molar-refractivity contribution is 4.90. The second-order valence-electron chi connectivity index (χ2n) is 3.43. The average molecular weight is 198 g/mol. The van der Waals surface area contributed by atoms with Gasteiger partial charge < -0.3 is 9.63 Å². The summed E-state index contributed by atoms with van der Waals surface area (Å²) in [6.45, 7) is 4.04. The summed E-state index contributed by atoms with van der Waals surface area (Å²) in [7, 11) is 0. The molecule has 80 valence electrons. The molecule has 4 nitrogen and oxygen atoms in total. The van der Waals surface area contributed by atoms with Crippen molar-refractivity contribution in [3.05, 3.63) is 11.7 Å². The number of hydrogen-bond acceptors (Lipinski definition) is 4. The summed E-state index contributed by atoms with van der Waals surface area (Å²) in [5.41, 5.74) is 0. The number of hydrogen-bond donors (Lipinski definition) is 1. The van der Waals surface area contributed by atoms with Crippen molar-refractivity contribution >= 4 is 0 Å². The van der Waals surface area contributed by atoms with Crippen LogP contribution in [0.3, 0.4) is 0 Å². The molecule has 1 atom stereocenters. The van der Waals surface area contributed by atoms with Gasteiger partial charge in [-0.2, -0.15) is 4.98 Å². The lowest BCUT2D eigenvalue weighted by atomic mass is 10.2. The van der Waals surface area contributed by atoms with Crippen LogP contribution in [-0.4, -0.2) is 15.2 Å². The van der Waals surface area contributed by atoms with E-state index in [9.17, 15) is 5.11 Å². The number of aliphatic hydroxyl groups excluding tert-OH is 1. The maximum atomic E-state index is 9.43. The van der Waals surface area contributed by atoms with E-state index in [1.54, 1.807) is 0 Å². The molecule has 0 radical (unpaired) electrons. The monoisotopic (exact) mass is 198 g/mol. The fourth-order valence-electron chi connectivity index (χ4n) is 1.21. The Hall–Kier alpha value is -0.900. The van der Waals surface area contributed by atoms with E-state index >= 15 is 0 Å². The fraction of sp³-hybridized carbons (Fsp3) is 0.800. The van der Waals surface area contributed by atoms with Crippen molar-refractivity contribution in [1.82, 2.24) is 10.1 Å². The molecule has 14 heavy (non-hydrogen) atoms. The van der Waals surface area contributed by atoms with Crippen molar-refractivity contribution in [2.24, 2.45) is 0 Å². The highest BCUT2D eigenvalue weighted by Crippen LogP contribution is 2.13. The highest BCUT2D eigenvalue weighted by atomic mass is 16.5. The fourth-order valence-corrected chi connectivity index (χ4v) is 1.21. The molecular weight excluding hydrogens is 180 g/mol. The smallest absolute Gasteiger partial charge is 0.226 e. The lowest BCUT2D eigenvalue weighted by molar-refractivity contribution is 0.159. The van der Waals surface area contributed by atoms with Crippen molar-refractivity contribution in [2.45, 2.75) is 52.1 Å². The minimum absolute atomic E-state index is 0.416. The molecule has 1 N–H and O–H groups in total. The molecule has 0 aliphatic carbocycles. The number of nitrogens with zero attached hydrogens (tertiary/aromatic N) is 2. The first-order chi connectivity index (χ1) is 6.77. The Morgan fingerprint density at radius 1 is 1.36 bits per heavy atom. The molecule has 1 rings (SSSR count). The van der Waals surface area contributed by atoms with Gasteiger partial charge in [0.15, 0.2) is 5.82 Å². The van der Waals surface area contributed by atoms with Crippen molar-refractivity contribution in [3.8, 4) is 0 Å². The molecular formula is C10H18N2O2. The van der Waals surface area contributed by atoms with E-state index in [0.29, 0.717) is 18.1 Å². The van der Waals surface area contributed by atoms with Crippen molar-refractivity contribution < 1.29 is 9.63 Å². The summed E-state index contributed by atoms with van der Waals surface area (Å²) >= 11 is 0. The van der Waals surface area contributed by atoms with Gasteiger partial charge in [0.25, 0.3) is 0 Å². The first-order valence-corrected chi connectivity index (χ1v) is 5.28. The minimum Gasteiger partial charge on any atom is -0.385 e. The van der Waals surface area contributed by atoms with Gasteiger partial charge in [0.2, 0.25) is 5.89 Å². The Balaban J connectivity index is 2.42. The quantitative estimate of drug-likeness (QED) is 0.712. The Labute approximate surface area is 84.3 Å². The zero-order valence-corrected chi connectivity index (χ0v) is 8.86. The summed E-state index contributed by atoms with van der Waals surface area (Å²) in [6.07, 6.45) is 4.27. The number of aliphatic hydroxyl groups is 1. The first kappa shape index (κ1) is 11.2. The highest BCUT2D eigenvalue weighted by Gasteiger charge is 2.12. The Morgan fingerprint density at radius 3 is 2.79 bits per heavy atom. The normalized spacial score (nSPS) is 13.1. The number of aryl methyl sites for hydroxylation is 1. The van der Waals surface area contributed by atoms with Crippen LogP contribution in [0.4, 0.5) is 0 Å². The predicted molar refractivity (Wildman–Crippen MR) is 52.8 cm³/mol. The lowest BCUT2D eigenvalue weighted by Gasteiger charge is -1.98. The van der Waals surface area contributed by atoms with E-state index in [2.05, 4.69) is 17.1 Å². The Bertz CT molecular complexity index is 260. The van der Waals surface area contributed by atoms with Gasteiger partial charge in [0.05, 0.1) is 0 Å². The van der Waals surface area contributed by atoms with E-state index < -0.39 is 6.10 Å². The molecule has 0 spiro atoms. The van der Waals surface area contributed by atoms with Crippen LogP contribution in [0.15, 0.2) is 4.52 Å². The molecule has 1 unspecified atom stereocenters. The van der Waals surface area contributed by atoms with Gasteiger partial charge in [-0.25, -0.2) is 0 Å². The van der Waals surface area contributed by atoms with Crippen LogP contribution in [0.25, 0.3) is 0 Å². The van der Waals surface area contributed by atoms with Gasteiger partial charge in [-0.3, -0.25) is 0 Å². The maximum Gasteiger partial charge on any atom is 0.226 e. The van der Waals surface area contributed by atoms with Gasteiger partial charge in [0.1, 0.15) is 6.10 Å². The molecule has 0 aromatic carbocycles. The molecule has 1 heterocycles. The first-order valence-electron chi connectivity index (χ1n) is 5.28. The van der Waals surface area contributed by atoms with Crippen molar-refractivity contribution in [3.63, 3.8) is 0 Å². The van der Waals surface area contributed by atoms with Crippen LogP contribution in [0.1, 0.15) is 57.3 Å².